The Balaban J connectivity index is 1.65. The SMILES string of the molecule is Cc1sc(-c2ccccc2)cc1N(C(=O)C1CCC(C)CC1)C1CCOCC1. The maximum Gasteiger partial charge on any atom is 0.230 e. The Bertz CT molecular complexity index is 786. The molecule has 0 unspecified atom stereocenters. The standard InChI is InChI=1S/C24H31NO2S/c1-17-8-10-20(11-9-17)24(26)25(21-12-14-27-15-13-21)22-16-23(28-18(22)2)19-6-4-3-5-7-19/h3-7,16-17,20-21H,8-15H2,1-2H3. The molecule has 0 N–H and O–H groups in total. The first kappa shape index (κ1) is 19.7. The molecule has 1 aliphatic carbocycles. The van der Waals surface area contributed by atoms with E-state index in [4.69, 9.17) is 4.74 Å². The maximum absolute atomic E-state index is 13.7. The van der Waals surface area contributed by atoms with E-state index < -0.39 is 0 Å². The normalized spacial score (nSPS) is 23.5. The Morgan fingerprint density at radius 2 is 1.71 bits per heavy atom. The summed E-state index contributed by atoms with van der Waals surface area (Å²) < 4.78 is 5.59. The third-order valence-corrected chi connectivity index (χ3v) is 7.46. The lowest BCUT2D eigenvalue weighted by atomic mass is 9.82. The first-order chi connectivity index (χ1) is 13.6. The third kappa shape index (κ3) is 4.18. The van der Waals surface area contributed by atoms with Gasteiger partial charge in [0.05, 0.1) is 5.69 Å². The van der Waals surface area contributed by atoms with Crippen LogP contribution >= 0.6 is 11.3 Å². The fraction of sp³-hybridized carbons (Fsp3) is 0.542. The van der Waals surface area contributed by atoms with Gasteiger partial charge in [0, 0.05) is 34.9 Å². The number of aryl methyl sites for hydroxylation is 1. The van der Waals surface area contributed by atoms with E-state index in [9.17, 15) is 4.79 Å². The fourth-order valence-electron chi connectivity index (χ4n) is 4.60. The van der Waals surface area contributed by atoms with E-state index in [0.29, 0.717) is 5.91 Å². The number of carbonyl (C=O) groups excluding carboxylic acids is 1. The summed E-state index contributed by atoms with van der Waals surface area (Å²) in [4.78, 5) is 18.3. The van der Waals surface area contributed by atoms with Gasteiger partial charge >= 0.3 is 0 Å². The number of hydrogen-bond acceptors (Lipinski definition) is 3. The van der Waals surface area contributed by atoms with Crippen molar-refractivity contribution in [3.05, 3.63) is 41.3 Å². The summed E-state index contributed by atoms with van der Waals surface area (Å²) in [6.45, 7) is 5.98. The van der Waals surface area contributed by atoms with E-state index in [2.05, 4.69) is 49.1 Å². The first-order valence-corrected chi connectivity index (χ1v) is 11.5. The van der Waals surface area contributed by atoms with Crippen molar-refractivity contribution in [1.82, 2.24) is 0 Å². The molecular weight excluding hydrogens is 366 g/mol. The molecule has 2 aliphatic rings. The summed E-state index contributed by atoms with van der Waals surface area (Å²) in [6.07, 6.45) is 6.30. The van der Waals surface area contributed by atoms with E-state index in [-0.39, 0.29) is 12.0 Å². The zero-order valence-electron chi connectivity index (χ0n) is 17.0. The van der Waals surface area contributed by atoms with Gasteiger partial charge in [-0.1, -0.05) is 37.3 Å². The molecule has 4 rings (SSSR count). The number of thiophene rings is 1. The molecule has 3 nitrogen and oxygen atoms in total. The van der Waals surface area contributed by atoms with Crippen LogP contribution in [0.15, 0.2) is 36.4 Å². The molecule has 1 amide bonds. The number of benzene rings is 1. The molecule has 4 heteroatoms. The molecule has 1 saturated carbocycles. The van der Waals surface area contributed by atoms with Crippen LogP contribution in [0.5, 0.6) is 0 Å². The Morgan fingerprint density at radius 3 is 2.39 bits per heavy atom. The van der Waals surface area contributed by atoms with Gasteiger partial charge in [-0.2, -0.15) is 0 Å². The predicted octanol–water partition coefficient (Wildman–Crippen LogP) is 6.06. The molecule has 28 heavy (non-hydrogen) atoms. The highest BCUT2D eigenvalue weighted by Crippen LogP contribution is 2.40. The van der Waals surface area contributed by atoms with Crippen molar-refractivity contribution >= 4 is 22.9 Å². The summed E-state index contributed by atoms with van der Waals surface area (Å²) >= 11 is 1.80. The van der Waals surface area contributed by atoms with Crippen LogP contribution in [-0.4, -0.2) is 25.2 Å². The van der Waals surface area contributed by atoms with Crippen molar-refractivity contribution in [3.8, 4) is 10.4 Å². The second-order valence-electron chi connectivity index (χ2n) is 8.43. The molecule has 2 aromatic rings. The zero-order chi connectivity index (χ0) is 19.5. The van der Waals surface area contributed by atoms with E-state index >= 15 is 0 Å². The van der Waals surface area contributed by atoms with Gasteiger partial charge in [-0.15, -0.1) is 11.3 Å². The van der Waals surface area contributed by atoms with E-state index in [1.807, 2.05) is 6.07 Å². The Morgan fingerprint density at radius 1 is 1.04 bits per heavy atom. The monoisotopic (exact) mass is 397 g/mol. The van der Waals surface area contributed by atoms with Crippen molar-refractivity contribution in [1.29, 1.82) is 0 Å². The first-order valence-electron chi connectivity index (χ1n) is 10.7. The number of carbonyl (C=O) groups is 1. The molecule has 2 fully saturated rings. The molecule has 150 valence electrons. The minimum atomic E-state index is 0.179. The van der Waals surface area contributed by atoms with Gasteiger partial charge in [-0.3, -0.25) is 4.79 Å². The van der Waals surface area contributed by atoms with Crippen LogP contribution in [0.4, 0.5) is 5.69 Å². The van der Waals surface area contributed by atoms with Crippen LogP contribution in [-0.2, 0) is 9.53 Å². The lowest BCUT2D eigenvalue weighted by Gasteiger charge is -2.38. The van der Waals surface area contributed by atoms with Crippen LogP contribution < -0.4 is 4.90 Å². The number of nitrogens with zero attached hydrogens (tertiary/aromatic N) is 1. The summed E-state index contributed by atoms with van der Waals surface area (Å²) in [7, 11) is 0. The van der Waals surface area contributed by atoms with Gasteiger partial charge in [0.15, 0.2) is 0 Å². The second-order valence-corrected chi connectivity index (χ2v) is 9.68. The highest BCUT2D eigenvalue weighted by Gasteiger charge is 2.35. The summed E-state index contributed by atoms with van der Waals surface area (Å²) in [5.41, 5.74) is 2.35. The molecule has 1 saturated heterocycles. The van der Waals surface area contributed by atoms with Crippen LogP contribution in [0, 0.1) is 18.8 Å². The van der Waals surface area contributed by atoms with E-state index in [0.717, 1.165) is 50.5 Å². The number of anilines is 1. The van der Waals surface area contributed by atoms with Crippen LogP contribution in [0.2, 0.25) is 0 Å². The minimum absolute atomic E-state index is 0.179. The molecule has 0 radical (unpaired) electrons. The van der Waals surface area contributed by atoms with Gasteiger partial charge in [0.1, 0.15) is 0 Å². The molecule has 2 heterocycles. The average Bonchev–Trinajstić information content (AvgIpc) is 3.11. The van der Waals surface area contributed by atoms with Crippen LogP contribution in [0.3, 0.4) is 0 Å². The van der Waals surface area contributed by atoms with Crippen molar-refractivity contribution in [2.45, 2.75) is 58.4 Å². The molecular formula is C24H31NO2S. The molecule has 1 aliphatic heterocycles. The maximum atomic E-state index is 13.7. The Kier molecular flexibility index (Phi) is 6.17. The lowest BCUT2D eigenvalue weighted by molar-refractivity contribution is -0.124. The molecule has 1 aromatic carbocycles. The largest absolute Gasteiger partial charge is 0.381 e. The Labute approximate surface area is 172 Å². The van der Waals surface area contributed by atoms with Crippen molar-refractivity contribution in [2.24, 2.45) is 11.8 Å². The number of hydrogen-bond donors (Lipinski definition) is 0. The van der Waals surface area contributed by atoms with Crippen molar-refractivity contribution < 1.29 is 9.53 Å². The van der Waals surface area contributed by atoms with Gasteiger partial charge < -0.3 is 9.64 Å². The predicted molar refractivity (Wildman–Crippen MR) is 117 cm³/mol. The quantitative estimate of drug-likeness (QED) is 0.627. The summed E-state index contributed by atoms with van der Waals surface area (Å²) in [5, 5.41) is 0. The van der Waals surface area contributed by atoms with Gasteiger partial charge in [0.2, 0.25) is 5.91 Å². The van der Waals surface area contributed by atoms with E-state index in [1.54, 1.807) is 11.3 Å². The van der Waals surface area contributed by atoms with Crippen molar-refractivity contribution in [2.75, 3.05) is 18.1 Å². The van der Waals surface area contributed by atoms with Crippen LogP contribution in [0.25, 0.3) is 10.4 Å². The van der Waals surface area contributed by atoms with Gasteiger partial charge in [-0.05, 0) is 63.0 Å². The van der Waals surface area contributed by atoms with Crippen molar-refractivity contribution in [3.63, 3.8) is 0 Å². The van der Waals surface area contributed by atoms with Gasteiger partial charge in [-0.25, -0.2) is 0 Å². The fourth-order valence-corrected chi connectivity index (χ4v) is 5.61. The molecule has 0 bridgehead atoms. The highest BCUT2D eigenvalue weighted by molar-refractivity contribution is 7.16. The second kappa shape index (κ2) is 8.79. The smallest absolute Gasteiger partial charge is 0.230 e. The molecule has 0 atom stereocenters. The molecule has 0 spiro atoms. The molecule has 1 aromatic heterocycles. The number of amides is 1. The highest BCUT2D eigenvalue weighted by atomic mass is 32.1. The lowest BCUT2D eigenvalue weighted by Crippen LogP contribution is -2.47. The topological polar surface area (TPSA) is 29.5 Å². The third-order valence-electron chi connectivity index (χ3n) is 6.37. The van der Waals surface area contributed by atoms with Gasteiger partial charge in [0.25, 0.3) is 0 Å². The zero-order valence-corrected chi connectivity index (χ0v) is 17.8. The summed E-state index contributed by atoms with van der Waals surface area (Å²) in [5.74, 6) is 1.28. The number of ether oxygens (including phenoxy) is 1. The average molecular weight is 398 g/mol. The number of rotatable bonds is 4. The minimum Gasteiger partial charge on any atom is -0.381 e. The van der Waals surface area contributed by atoms with E-state index in [1.165, 1.54) is 28.2 Å². The Hall–Kier alpha value is -1.65. The summed E-state index contributed by atoms with van der Waals surface area (Å²) in [6, 6.07) is 13.0. The van der Waals surface area contributed by atoms with Crippen LogP contribution in [0.1, 0.15) is 50.3 Å².